The molecule has 1 N–H and O–H groups in total. The lowest BCUT2D eigenvalue weighted by Gasteiger charge is -2.38. The fourth-order valence-corrected chi connectivity index (χ4v) is 3.55. The molecule has 3 unspecified atom stereocenters. The number of amides is 1. The third kappa shape index (κ3) is 3.16. The van der Waals surface area contributed by atoms with Crippen LogP contribution < -0.4 is 10.1 Å². The van der Waals surface area contributed by atoms with Crippen molar-refractivity contribution in [2.24, 2.45) is 5.92 Å². The molecule has 4 nitrogen and oxygen atoms in total. The molecule has 0 saturated carbocycles. The molecule has 2 saturated heterocycles. The van der Waals surface area contributed by atoms with E-state index in [9.17, 15) is 4.79 Å². The summed E-state index contributed by atoms with van der Waals surface area (Å²) in [5, 5.41) is 4.01. The van der Waals surface area contributed by atoms with Crippen molar-refractivity contribution in [2.45, 2.75) is 31.9 Å². The zero-order valence-electron chi connectivity index (χ0n) is 12.2. The summed E-state index contributed by atoms with van der Waals surface area (Å²) in [7, 11) is 0. The predicted octanol–water partition coefficient (Wildman–Crippen LogP) is 2.32. The molecular formula is C16H21ClN2O2. The van der Waals surface area contributed by atoms with Crippen molar-refractivity contribution in [3.8, 4) is 5.75 Å². The van der Waals surface area contributed by atoms with E-state index in [1.807, 2.05) is 24.0 Å². The maximum atomic E-state index is 12.7. The van der Waals surface area contributed by atoms with E-state index in [1.165, 1.54) is 6.42 Å². The van der Waals surface area contributed by atoms with Gasteiger partial charge in [0.15, 0.2) is 6.10 Å². The summed E-state index contributed by atoms with van der Waals surface area (Å²) in [5.41, 5.74) is 0. The molecule has 0 aromatic heterocycles. The first-order chi connectivity index (χ1) is 10.1. The molecule has 1 aromatic carbocycles. The van der Waals surface area contributed by atoms with Crippen molar-refractivity contribution in [2.75, 3.05) is 19.6 Å². The number of piperidine rings is 1. The Morgan fingerprint density at radius 2 is 2.33 bits per heavy atom. The Balaban J connectivity index is 1.66. The number of rotatable bonds is 3. The second-order valence-corrected chi connectivity index (χ2v) is 6.31. The molecule has 2 heterocycles. The molecule has 114 valence electrons. The first kappa shape index (κ1) is 14.7. The van der Waals surface area contributed by atoms with E-state index in [1.54, 1.807) is 12.1 Å². The van der Waals surface area contributed by atoms with Gasteiger partial charge < -0.3 is 15.0 Å². The van der Waals surface area contributed by atoms with Crippen LogP contribution >= 0.6 is 11.6 Å². The summed E-state index contributed by atoms with van der Waals surface area (Å²) < 4.78 is 5.76. The van der Waals surface area contributed by atoms with Gasteiger partial charge in [0.05, 0.1) is 0 Å². The Hall–Kier alpha value is -1.26. The Morgan fingerprint density at radius 1 is 1.48 bits per heavy atom. The van der Waals surface area contributed by atoms with Gasteiger partial charge in [-0.25, -0.2) is 0 Å². The molecule has 0 aliphatic carbocycles. The van der Waals surface area contributed by atoms with Crippen LogP contribution in [0.5, 0.6) is 5.75 Å². The van der Waals surface area contributed by atoms with Crippen molar-refractivity contribution in [3.05, 3.63) is 29.3 Å². The molecule has 0 bridgehead atoms. The predicted molar refractivity (Wildman–Crippen MR) is 82.6 cm³/mol. The van der Waals surface area contributed by atoms with Crippen LogP contribution in [0.3, 0.4) is 0 Å². The normalized spacial score (nSPS) is 26.3. The molecule has 3 atom stereocenters. The number of carbonyl (C=O) groups excluding carboxylic acids is 1. The fraction of sp³-hybridized carbons (Fsp3) is 0.562. The number of hydrogen-bond donors (Lipinski definition) is 1. The summed E-state index contributed by atoms with van der Waals surface area (Å²) in [6, 6.07) is 7.51. The number of nitrogens with zero attached hydrogens (tertiary/aromatic N) is 1. The molecule has 21 heavy (non-hydrogen) atoms. The van der Waals surface area contributed by atoms with Crippen LogP contribution in [0, 0.1) is 5.92 Å². The summed E-state index contributed by atoms with van der Waals surface area (Å²) in [6.07, 6.45) is 1.81. The number of hydrogen-bond acceptors (Lipinski definition) is 3. The maximum Gasteiger partial charge on any atom is 0.263 e. The Kier molecular flexibility index (Phi) is 4.36. The SMILES string of the molecule is CC(Oc1cccc(Cl)c1)C(=O)N1CCCC2CNCC21. The minimum atomic E-state index is -0.484. The van der Waals surface area contributed by atoms with Gasteiger partial charge in [-0.05, 0) is 43.9 Å². The van der Waals surface area contributed by atoms with Gasteiger partial charge in [-0.1, -0.05) is 17.7 Å². The van der Waals surface area contributed by atoms with Crippen LogP contribution in [0.25, 0.3) is 0 Å². The van der Waals surface area contributed by atoms with Crippen LogP contribution in [-0.4, -0.2) is 42.6 Å². The molecule has 5 heteroatoms. The zero-order valence-corrected chi connectivity index (χ0v) is 13.0. The van der Waals surface area contributed by atoms with Gasteiger partial charge in [0.2, 0.25) is 0 Å². The third-order valence-electron chi connectivity index (χ3n) is 4.42. The molecule has 1 aromatic rings. The highest BCUT2D eigenvalue weighted by Gasteiger charge is 2.38. The van der Waals surface area contributed by atoms with Crippen molar-refractivity contribution in [1.82, 2.24) is 10.2 Å². The van der Waals surface area contributed by atoms with Gasteiger partial charge in [-0.3, -0.25) is 4.79 Å². The summed E-state index contributed by atoms with van der Waals surface area (Å²) in [5.74, 6) is 1.32. The lowest BCUT2D eigenvalue weighted by molar-refractivity contribution is -0.142. The summed E-state index contributed by atoms with van der Waals surface area (Å²) in [6.45, 7) is 4.58. The first-order valence-electron chi connectivity index (χ1n) is 7.58. The minimum Gasteiger partial charge on any atom is -0.481 e. The van der Waals surface area contributed by atoms with Crippen molar-refractivity contribution >= 4 is 17.5 Å². The van der Waals surface area contributed by atoms with Gasteiger partial charge in [-0.15, -0.1) is 0 Å². The fourth-order valence-electron chi connectivity index (χ4n) is 3.37. The van der Waals surface area contributed by atoms with E-state index < -0.39 is 6.10 Å². The van der Waals surface area contributed by atoms with Crippen molar-refractivity contribution in [3.63, 3.8) is 0 Å². The highest BCUT2D eigenvalue weighted by Crippen LogP contribution is 2.27. The van der Waals surface area contributed by atoms with E-state index in [0.717, 1.165) is 26.1 Å². The maximum absolute atomic E-state index is 12.7. The van der Waals surface area contributed by atoms with Crippen LogP contribution in [0.4, 0.5) is 0 Å². The molecular weight excluding hydrogens is 288 g/mol. The number of halogens is 1. The second-order valence-electron chi connectivity index (χ2n) is 5.88. The summed E-state index contributed by atoms with van der Waals surface area (Å²) in [4.78, 5) is 14.7. The third-order valence-corrected chi connectivity index (χ3v) is 4.65. The van der Waals surface area contributed by atoms with Crippen LogP contribution in [0.1, 0.15) is 19.8 Å². The van der Waals surface area contributed by atoms with Gasteiger partial charge in [-0.2, -0.15) is 0 Å². The van der Waals surface area contributed by atoms with E-state index in [2.05, 4.69) is 5.32 Å². The minimum absolute atomic E-state index is 0.0772. The lowest BCUT2D eigenvalue weighted by Crippen LogP contribution is -2.52. The number of benzene rings is 1. The van der Waals surface area contributed by atoms with E-state index >= 15 is 0 Å². The molecule has 1 amide bonds. The largest absolute Gasteiger partial charge is 0.481 e. The highest BCUT2D eigenvalue weighted by molar-refractivity contribution is 6.30. The van der Waals surface area contributed by atoms with Crippen LogP contribution in [-0.2, 0) is 4.79 Å². The molecule has 0 radical (unpaired) electrons. The van der Waals surface area contributed by atoms with Crippen molar-refractivity contribution in [1.29, 1.82) is 0 Å². The van der Waals surface area contributed by atoms with Gasteiger partial charge in [0.25, 0.3) is 5.91 Å². The van der Waals surface area contributed by atoms with Gasteiger partial charge in [0.1, 0.15) is 5.75 Å². The lowest BCUT2D eigenvalue weighted by atomic mass is 9.92. The van der Waals surface area contributed by atoms with Crippen LogP contribution in [0.2, 0.25) is 5.02 Å². The van der Waals surface area contributed by atoms with Crippen molar-refractivity contribution < 1.29 is 9.53 Å². The average Bonchev–Trinajstić information content (AvgIpc) is 2.94. The second kappa shape index (κ2) is 6.24. The average molecular weight is 309 g/mol. The standard InChI is InChI=1S/C16H21ClN2O2/c1-11(21-14-6-2-5-13(17)8-14)16(20)19-7-3-4-12-9-18-10-15(12)19/h2,5-6,8,11-12,15,18H,3-4,7,9-10H2,1H3. The zero-order chi connectivity index (χ0) is 14.8. The van der Waals surface area contributed by atoms with Gasteiger partial charge in [0, 0.05) is 30.7 Å². The number of nitrogens with one attached hydrogen (secondary N) is 1. The number of likely N-dealkylation sites (tertiary alicyclic amines) is 1. The molecule has 3 rings (SSSR count). The Bertz CT molecular complexity index is 523. The molecule has 2 aliphatic heterocycles. The quantitative estimate of drug-likeness (QED) is 0.932. The van der Waals surface area contributed by atoms with E-state index in [4.69, 9.17) is 16.3 Å². The van der Waals surface area contributed by atoms with E-state index in [-0.39, 0.29) is 5.91 Å². The first-order valence-corrected chi connectivity index (χ1v) is 7.96. The monoisotopic (exact) mass is 308 g/mol. The van der Waals surface area contributed by atoms with E-state index in [0.29, 0.717) is 22.7 Å². The topological polar surface area (TPSA) is 41.6 Å². The highest BCUT2D eigenvalue weighted by atomic mass is 35.5. The number of ether oxygens (including phenoxy) is 1. The Labute approximate surface area is 130 Å². The smallest absolute Gasteiger partial charge is 0.263 e. The number of carbonyl (C=O) groups is 1. The van der Waals surface area contributed by atoms with Gasteiger partial charge >= 0.3 is 0 Å². The summed E-state index contributed by atoms with van der Waals surface area (Å²) >= 11 is 5.95. The molecule has 0 spiro atoms. The molecule has 2 fully saturated rings. The number of fused-ring (bicyclic) bond motifs is 1. The molecule has 2 aliphatic rings. The Morgan fingerprint density at radius 3 is 3.14 bits per heavy atom. The van der Waals surface area contributed by atoms with Crippen LogP contribution in [0.15, 0.2) is 24.3 Å².